The summed E-state index contributed by atoms with van der Waals surface area (Å²) in [4.78, 5) is 28.6. The first-order valence-corrected chi connectivity index (χ1v) is 17.2. The minimum absolute atomic E-state index is 0.201. The van der Waals surface area contributed by atoms with Gasteiger partial charge in [-0.1, -0.05) is 36.4 Å². The van der Waals surface area contributed by atoms with Crippen molar-refractivity contribution < 1.29 is 18.0 Å². The maximum absolute atomic E-state index is 13.9. The largest absolute Gasteiger partial charge is 0.350 e. The molecule has 2 aromatic carbocycles. The van der Waals surface area contributed by atoms with E-state index in [0.717, 1.165) is 35.1 Å². The molecule has 1 N–H and O–H groups in total. The Morgan fingerprint density at radius 1 is 0.952 bits per heavy atom. The maximum atomic E-state index is 13.9. The summed E-state index contributed by atoms with van der Waals surface area (Å²) in [6.07, 6.45) is 8.93. The van der Waals surface area contributed by atoms with E-state index in [1.807, 2.05) is 64.1 Å². The van der Waals surface area contributed by atoms with Crippen LogP contribution in [-0.2, 0) is 31.6 Å². The zero-order valence-corrected chi connectivity index (χ0v) is 26.8. The molecule has 0 aromatic heterocycles. The van der Waals surface area contributed by atoms with Gasteiger partial charge in [-0.25, -0.2) is 8.42 Å². The molecule has 8 heteroatoms. The zero-order valence-electron chi connectivity index (χ0n) is 26.0. The minimum Gasteiger partial charge on any atom is -0.350 e. The fourth-order valence-electron chi connectivity index (χ4n) is 8.09. The van der Waals surface area contributed by atoms with Crippen molar-refractivity contribution in [3.05, 3.63) is 65.2 Å². The van der Waals surface area contributed by atoms with Crippen LogP contribution < -0.4 is 9.62 Å². The number of anilines is 1. The summed E-state index contributed by atoms with van der Waals surface area (Å²) in [7, 11) is -3.77. The number of carbonyl (C=O) groups is 2. The minimum atomic E-state index is -3.77. The lowest BCUT2D eigenvalue weighted by atomic mass is 9.48. The molecular weight excluding hydrogens is 546 g/mol. The molecule has 0 saturated heterocycles. The second-order valence-corrected chi connectivity index (χ2v) is 16.3. The van der Waals surface area contributed by atoms with E-state index >= 15 is 0 Å². The van der Waals surface area contributed by atoms with Crippen molar-refractivity contribution in [3.8, 4) is 0 Å². The van der Waals surface area contributed by atoms with Gasteiger partial charge in [0.25, 0.3) is 0 Å². The van der Waals surface area contributed by atoms with Crippen molar-refractivity contribution in [1.29, 1.82) is 0 Å². The van der Waals surface area contributed by atoms with E-state index in [-0.39, 0.29) is 24.4 Å². The lowest BCUT2D eigenvalue weighted by Crippen LogP contribution is -2.54. The molecule has 42 heavy (non-hydrogen) atoms. The second kappa shape index (κ2) is 11.3. The fourth-order valence-corrected chi connectivity index (χ4v) is 8.94. The molecule has 0 radical (unpaired) electrons. The van der Waals surface area contributed by atoms with Crippen molar-refractivity contribution in [3.63, 3.8) is 0 Å². The molecule has 0 spiro atoms. The molecule has 2 aromatic rings. The standard InChI is InChI=1S/C34H47N3O4S/c1-23-9-7-8-10-28(23)21-36(24(2)32(39)35-33(3,4)5)31(38)22-37(42(6,40)41)30-13-11-29(12-14-30)34-18-25-15-26(19-34)17-27(16-25)20-34/h7-14,24-27H,15-22H2,1-6H3,(H,35,39)/t24-,25?,26?,27?,34?/m0/s1. The molecule has 0 heterocycles. The Morgan fingerprint density at radius 2 is 1.50 bits per heavy atom. The number of nitrogens with zero attached hydrogens (tertiary/aromatic N) is 2. The summed E-state index contributed by atoms with van der Waals surface area (Å²) in [6, 6.07) is 14.8. The van der Waals surface area contributed by atoms with Crippen molar-refractivity contribution >= 4 is 27.5 Å². The molecule has 4 aliphatic rings. The van der Waals surface area contributed by atoms with Gasteiger partial charge in [0.1, 0.15) is 12.6 Å². The van der Waals surface area contributed by atoms with Gasteiger partial charge in [-0.15, -0.1) is 0 Å². The van der Waals surface area contributed by atoms with Gasteiger partial charge in [0, 0.05) is 12.1 Å². The average molecular weight is 594 g/mol. The zero-order chi connectivity index (χ0) is 30.4. The summed E-state index contributed by atoms with van der Waals surface area (Å²) >= 11 is 0. The quantitative estimate of drug-likeness (QED) is 0.413. The number of aryl methyl sites for hydroxylation is 1. The van der Waals surface area contributed by atoms with E-state index in [1.54, 1.807) is 6.92 Å². The van der Waals surface area contributed by atoms with Gasteiger partial charge in [0.15, 0.2) is 0 Å². The summed E-state index contributed by atoms with van der Waals surface area (Å²) in [5.74, 6) is 1.74. The van der Waals surface area contributed by atoms with Crippen LogP contribution >= 0.6 is 0 Å². The molecule has 4 fully saturated rings. The predicted molar refractivity (Wildman–Crippen MR) is 168 cm³/mol. The maximum Gasteiger partial charge on any atom is 0.244 e. The van der Waals surface area contributed by atoms with Crippen LogP contribution in [0.3, 0.4) is 0 Å². The van der Waals surface area contributed by atoms with Gasteiger partial charge in [-0.2, -0.15) is 0 Å². The first kappa shape index (κ1) is 30.6. The van der Waals surface area contributed by atoms with Gasteiger partial charge in [-0.3, -0.25) is 13.9 Å². The third-order valence-corrected chi connectivity index (χ3v) is 10.9. The number of rotatable bonds is 9. The highest BCUT2D eigenvalue weighted by Crippen LogP contribution is 2.60. The third-order valence-electron chi connectivity index (χ3n) is 9.75. The number of amides is 2. The van der Waals surface area contributed by atoms with Gasteiger partial charge < -0.3 is 10.2 Å². The predicted octanol–water partition coefficient (Wildman–Crippen LogP) is 5.56. The van der Waals surface area contributed by atoms with Crippen LogP contribution in [-0.4, -0.2) is 49.5 Å². The van der Waals surface area contributed by atoms with Crippen LogP contribution in [0.5, 0.6) is 0 Å². The Kier molecular flexibility index (Phi) is 8.25. The number of nitrogens with one attached hydrogen (secondary N) is 1. The Labute approximate surface area is 252 Å². The van der Waals surface area contributed by atoms with E-state index in [0.29, 0.717) is 5.69 Å². The second-order valence-electron chi connectivity index (χ2n) is 14.4. The molecule has 1 atom stereocenters. The number of carbonyl (C=O) groups excluding carboxylic acids is 2. The van der Waals surface area contributed by atoms with E-state index in [2.05, 4.69) is 17.4 Å². The molecule has 4 bridgehead atoms. The Morgan fingerprint density at radius 3 is 2.00 bits per heavy atom. The molecular formula is C34H47N3O4S. The van der Waals surface area contributed by atoms with Gasteiger partial charge in [0.2, 0.25) is 21.8 Å². The van der Waals surface area contributed by atoms with Crippen LogP contribution in [0.15, 0.2) is 48.5 Å². The molecule has 4 saturated carbocycles. The highest BCUT2D eigenvalue weighted by molar-refractivity contribution is 7.92. The molecule has 228 valence electrons. The lowest BCUT2D eigenvalue weighted by Gasteiger charge is -2.57. The average Bonchev–Trinajstić information content (AvgIpc) is 2.88. The highest BCUT2D eigenvalue weighted by Gasteiger charge is 2.51. The first-order chi connectivity index (χ1) is 19.6. The monoisotopic (exact) mass is 593 g/mol. The summed E-state index contributed by atoms with van der Waals surface area (Å²) in [5, 5.41) is 2.97. The van der Waals surface area contributed by atoms with Crippen molar-refractivity contribution in [2.24, 2.45) is 17.8 Å². The van der Waals surface area contributed by atoms with E-state index in [1.165, 1.54) is 53.3 Å². The molecule has 7 nitrogen and oxygen atoms in total. The number of hydrogen-bond acceptors (Lipinski definition) is 4. The smallest absolute Gasteiger partial charge is 0.244 e. The van der Waals surface area contributed by atoms with Gasteiger partial charge in [0.05, 0.1) is 11.9 Å². The van der Waals surface area contributed by atoms with Crippen LogP contribution in [0.2, 0.25) is 0 Å². The fraction of sp³-hybridized carbons (Fsp3) is 0.588. The van der Waals surface area contributed by atoms with Crippen molar-refractivity contribution in [1.82, 2.24) is 10.2 Å². The number of sulfonamides is 1. The summed E-state index contributed by atoms with van der Waals surface area (Å²) < 4.78 is 27.3. The van der Waals surface area contributed by atoms with Crippen LogP contribution in [0.4, 0.5) is 5.69 Å². The molecule has 0 unspecified atom stereocenters. The Balaban J connectivity index is 1.40. The van der Waals surface area contributed by atoms with Crippen LogP contribution in [0.1, 0.15) is 82.9 Å². The van der Waals surface area contributed by atoms with Gasteiger partial charge in [-0.05, 0) is 125 Å². The highest BCUT2D eigenvalue weighted by atomic mass is 32.2. The Bertz CT molecular complexity index is 1390. The molecule has 2 amide bonds. The number of benzene rings is 2. The molecule has 6 rings (SSSR count). The Hall–Kier alpha value is -2.87. The van der Waals surface area contributed by atoms with Crippen LogP contribution in [0.25, 0.3) is 0 Å². The van der Waals surface area contributed by atoms with E-state index in [9.17, 15) is 18.0 Å². The van der Waals surface area contributed by atoms with E-state index < -0.39 is 27.5 Å². The first-order valence-electron chi connectivity index (χ1n) is 15.4. The van der Waals surface area contributed by atoms with Crippen molar-refractivity contribution in [2.75, 3.05) is 17.1 Å². The van der Waals surface area contributed by atoms with Gasteiger partial charge >= 0.3 is 0 Å². The normalized spacial score (nSPS) is 25.6. The molecule has 0 aliphatic heterocycles. The van der Waals surface area contributed by atoms with Crippen molar-refractivity contribution in [2.45, 2.75) is 96.7 Å². The number of hydrogen-bond donors (Lipinski definition) is 1. The lowest BCUT2D eigenvalue weighted by molar-refractivity contribution is -0.140. The topological polar surface area (TPSA) is 86.8 Å². The SMILES string of the molecule is Cc1ccccc1CN(C(=O)CN(c1ccc(C23CC4CC(CC(C4)C2)C3)cc1)S(C)(=O)=O)[C@@H](C)C(=O)NC(C)(C)C. The van der Waals surface area contributed by atoms with E-state index in [4.69, 9.17) is 0 Å². The third kappa shape index (κ3) is 6.53. The van der Waals surface area contributed by atoms with Crippen LogP contribution in [0, 0.1) is 24.7 Å². The summed E-state index contributed by atoms with van der Waals surface area (Å²) in [6.45, 7) is 9.16. The summed E-state index contributed by atoms with van der Waals surface area (Å²) in [5.41, 5.74) is 3.42. The molecule has 4 aliphatic carbocycles.